The van der Waals surface area contributed by atoms with Gasteiger partial charge in [0.15, 0.2) is 0 Å². The van der Waals surface area contributed by atoms with Crippen LogP contribution in [-0.2, 0) is 0 Å². The van der Waals surface area contributed by atoms with Gasteiger partial charge in [0.25, 0.3) is 0 Å². The lowest BCUT2D eigenvalue weighted by atomic mass is 10.1. The second kappa shape index (κ2) is 3.76. The van der Waals surface area contributed by atoms with Crippen LogP contribution >= 0.6 is 11.6 Å². The lowest BCUT2D eigenvalue weighted by Gasteiger charge is -2.27. The molecule has 4 heteroatoms. The molecule has 2 aromatic rings. The van der Waals surface area contributed by atoms with Crippen molar-refractivity contribution < 1.29 is 4.74 Å². The number of halogens is 1. The third-order valence-corrected chi connectivity index (χ3v) is 2.91. The predicted molar refractivity (Wildman–Crippen MR) is 64.1 cm³/mol. The van der Waals surface area contributed by atoms with E-state index in [1.807, 2.05) is 36.5 Å². The molecule has 2 N–H and O–H groups in total. The molecule has 16 heavy (non-hydrogen) atoms. The molecule has 0 saturated carbocycles. The van der Waals surface area contributed by atoms with Crippen LogP contribution in [0.25, 0.3) is 0 Å². The molecule has 3 nitrogen and oxygen atoms in total. The zero-order chi connectivity index (χ0) is 11.0. The van der Waals surface area contributed by atoms with Gasteiger partial charge in [-0.15, -0.1) is 0 Å². The molecule has 0 spiro atoms. The summed E-state index contributed by atoms with van der Waals surface area (Å²) >= 11 is 5.95. The number of H-pyrrole nitrogens is 1. The number of benzene rings is 1. The minimum Gasteiger partial charge on any atom is -0.489 e. The molecule has 0 aliphatic carbocycles. The maximum atomic E-state index is 5.95. The summed E-state index contributed by atoms with van der Waals surface area (Å²) in [6.07, 6.45) is 1.91. The summed E-state index contributed by atoms with van der Waals surface area (Å²) in [5, 5.41) is 4.11. The highest BCUT2D eigenvalue weighted by Crippen LogP contribution is 2.35. The van der Waals surface area contributed by atoms with Gasteiger partial charge in [-0.25, -0.2) is 0 Å². The molecule has 82 valence electrons. The molecule has 0 amide bonds. The van der Waals surface area contributed by atoms with E-state index in [0.29, 0.717) is 11.6 Å². The first kappa shape index (κ1) is 9.60. The quantitative estimate of drug-likeness (QED) is 0.795. The fourth-order valence-electron chi connectivity index (χ4n) is 1.87. The van der Waals surface area contributed by atoms with Crippen molar-refractivity contribution >= 4 is 17.3 Å². The van der Waals surface area contributed by atoms with Gasteiger partial charge >= 0.3 is 0 Å². The highest BCUT2D eigenvalue weighted by molar-refractivity contribution is 6.30. The fourth-order valence-corrected chi connectivity index (χ4v) is 2.04. The average Bonchev–Trinajstić information content (AvgIpc) is 2.81. The van der Waals surface area contributed by atoms with Gasteiger partial charge in [0, 0.05) is 16.9 Å². The van der Waals surface area contributed by atoms with Crippen LogP contribution in [-0.4, -0.2) is 11.6 Å². The van der Waals surface area contributed by atoms with Crippen LogP contribution in [0.1, 0.15) is 11.7 Å². The first-order valence-corrected chi connectivity index (χ1v) is 5.53. The standard InChI is InChI=1S/C12H11ClN2O/c13-8-3-4-12-10(6-8)15-11(7-16-12)9-2-1-5-14-9/h1-6,11,14-15H,7H2. The minimum atomic E-state index is 0.154. The number of hydrogen-bond acceptors (Lipinski definition) is 2. The number of anilines is 1. The zero-order valence-electron chi connectivity index (χ0n) is 8.53. The summed E-state index contributed by atoms with van der Waals surface area (Å²) in [5.41, 5.74) is 2.06. The van der Waals surface area contributed by atoms with Crippen molar-refractivity contribution in [3.05, 3.63) is 47.2 Å². The second-order valence-corrected chi connectivity index (χ2v) is 4.21. The maximum absolute atomic E-state index is 5.95. The molecular weight excluding hydrogens is 224 g/mol. The first-order valence-electron chi connectivity index (χ1n) is 5.15. The number of nitrogens with one attached hydrogen (secondary N) is 2. The molecular formula is C12H11ClN2O. The molecule has 2 heterocycles. The Balaban J connectivity index is 1.91. The Morgan fingerprint density at radius 2 is 2.25 bits per heavy atom. The number of fused-ring (bicyclic) bond motifs is 1. The monoisotopic (exact) mass is 234 g/mol. The van der Waals surface area contributed by atoms with E-state index in [2.05, 4.69) is 10.3 Å². The number of aromatic amines is 1. The van der Waals surface area contributed by atoms with E-state index >= 15 is 0 Å². The molecule has 1 atom stereocenters. The molecule has 1 aliphatic rings. The van der Waals surface area contributed by atoms with E-state index < -0.39 is 0 Å². The lowest BCUT2D eigenvalue weighted by molar-refractivity contribution is 0.284. The molecule has 0 fully saturated rings. The van der Waals surface area contributed by atoms with Gasteiger partial charge in [0.05, 0.1) is 5.69 Å². The summed E-state index contributed by atoms with van der Waals surface area (Å²) in [4.78, 5) is 3.18. The summed E-state index contributed by atoms with van der Waals surface area (Å²) in [7, 11) is 0. The van der Waals surface area contributed by atoms with Crippen LogP contribution in [0, 0.1) is 0 Å². The van der Waals surface area contributed by atoms with Crippen LogP contribution < -0.4 is 10.1 Å². The molecule has 1 aliphatic heterocycles. The van der Waals surface area contributed by atoms with Crippen molar-refractivity contribution in [2.24, 2.45) is 0 Å². The minimum absolute atomic E-state index is 0.154. The summed E-state index contributed by atoms with van der Waals surface area (Å²) < 4.78 is 5.67. The van der Waals surface area contributed by atoms with Crippen molar-refractivity contribution in [2.75, 3.05) is 11.9 Å². The predicted octanol–water partition coefficient (Wildman–Crippen LogP) is 3.21. The molecule has 3 rings (SSSR count). The van der Waals surface area contributed by atoms with Crippen molar-refractivity contribution in [2.45, 2.75) is 6.04 Å². The molecule has 1 aromatic carbocycles. The second-order valence-electron chi connectivity index (χ2n) is 3.77. The Kier molecular flexibility index (Phi) is 2.26. The van der Waals surface area contributed by atoms with E-state index in [4.69, 9.17) is 16.3 Å². The van der Waals surface area contributed by atoms with E-state index in [0.717, 1.165) is 17.1 Å². The van der Waals surface area contributed by atoms with Gasteiger partial charge in [-0.1, -0.05) is 11.6 Å². The maximum Gasteiger partial charge on any atom is 0.142 e. The van der Waals surface area contributed by atoms with Crippen LogP contribution in [0.3, 0.4) is 0 Å². The Morgan fingerprint density at radius 3 is 3.06 bits per heavy atom. The molecule has 0 bridgehead atoms. The van der Waals surface area contributed by atoms with E-state index in [9.17, 15) is 0 Å². The zero-order valence-corrected chi connectivity index (χ0v) is 9.29. The van der Waals surface area contributed by atoms with Crippen LogP contribution in [0.2, 0.25) is 5.02 Å². The lowest BCUT2D eigenvalue weighted by Crippen LogP contribution is -2.24. The third-order valence-electron chi connectivity index (χ3n) is 2.67. The average molecular weight is 235 g/mol. The van der Waals surface area contributed by atoms with Crippen molar-refractivity contribution in [1.29, 1.82) is 0 Å². The normalized spacial score (nSPS) is 18.4. The van der Waals surface area contributed by atoms with Crippen LogP contribution in [0.5, 0.6) is 5.75 Å². The molecule has 1 unspecified atom stereocenters. The topological polar surface area (TPSA) is 37.0 Å². The third kappa shape index (κ3) is 1.63. The number of rotatable bonds is 1. The van der Waals surface area contributed by atoms with Gasteiger partial charge in [-0.3, -0.25) is 0 Å². The smallest absolute Gasteiger partial charge is 0.142 e. The Hall–Kier alpha value is -1.61. The SMILES string of the molecule is Clc1ccc2c(c1)NC(c1ccc[nH]1)CO2. The first-order chi connectivity index (χ1) is 7.83. The van der Waals surface area contributed by atoms with Gasteiger partial charge in [0.1, 0.15) is 18.4 Å². The van der Waals surface area contributed by atoms with Crippen LogP contribution in [0.15, 0.2) is 36.5 Å². The van der Waals surface area contributed by atoms with Gasteiger partial charge < -0.3 is 15.0 Å². The Bertz CT molecular complexity index is 496. The van der Waals surface area contributed by atoms with Gasteiger partial charge in [-0.05, 0) is 30.3 Å². The van der Waals surface area contributed by atoms with Gasteiger partial charge in [0.2, 0.25) is 0 Å². The highest BCUT2D eigenvalue weighted by Gasteiger charge is 2.20. The summed E-state index contributed by atoms with van der Waals surface area (Å²) in [6, 6.07) is 9.76. The van der Waals surface area contributed by atoms with Crippen molar-refractivity contribution in [3.63, 3.8) is 0 Å². The number of aromatic nitrogens is 1. The van der Waals surface area contributed by atoms with Crippen LogP contribution in [0.4, 0.5) is 5.69 Å². The number of ether oxygens (including phenoxy) is 1. The molecule has 0 radical (unpaired) electrons. The van der Waals surface area contributed by atoms with E-state index in [-0.39, 0.29) is 6.04 Å². The Morgan fingerprint density at radius 1 is 1.31 bits per heavy atom. The Labute approximate surface area is 98.4 Å². The fraction of sp³-hybridized carbons (Fsp3) is 0.167. The summed E-state index contributed by atoms with van der Waals surface area (Å²) in [5.74, 6) is 0.854. The summed E-state index contributed by atoms with van der Waals surface area (Å²) in [6.45, 7) is 0.620. The molecule has 1 aromatic heterocycles. The van der Waals surface area contributed by atoms with Crippen molar-refractivity contribution in [3.8, 4) is 5.75 Å². The van der Waals surface area contributed by atoms with Crippen molar-refractivity contribution in [1.82, 2.24) is 4.98 Å². The van der Waals surface area contributed by atoms with Gasteiger partial charge in [-0.2, -0.15) is 0 Å². The highest BCUT2D eigenvalue weighted by atomic mass is 35.5. The van der Waals surface area contributed by atoms with E-state index in [1.165, 1.54) is 0 Å². The number of hydrogen-bond donors (Lipinski definition) is 2. The molecule has 0 saturated heterocycles. The van der Waals surface area contributed by atoms with E-state index in [1.54, 1.807) is 0 Å². The largest absolute Gasteiger partial charge is 0.489 e.